The Morgan fingerprint density at radius 2 is 0.717 bits per heavy atom. The molecule has 0 heterocycles. The van der Waals surface area contributed by atoms with Crippen molar-refractivity contribution in [3.8, 4) is 44.5 Å². The lowest BCUT2D eigenvalue weighted by atomic mass is 9.80. The average molecular weight is 761 g/mol. The highest BCUT2D eigenvalue weighted by molar-refractivity contribution is 6.44. The standard InChI is InChI=1S/C60H40/c1-59(2)48-24-9-7-18-38(48)44-30-34(26-28-50(44)59)53-47-32-46-37-17-6-5-16-36(37)40-20-13-23-43(55(40)46)56(47)54(58-42-22-12-15-33-14-11-21-41(52(33)42)57(53)58)35-27-29-51-45(31-35)39-19-8-10-25-49(39)60(51,3)4/h5-32H,1-4H3. The largest absolute Gasteiger partial charge is 0.0619 e. The Morgan fingerprint density at radius 3 is 1.33 bits per heavy atom. The van der Waals surface area contributed by atoms with Crippen LogP contribution in [0, 0.1) is 0 Å². The first-order chi connectivity index (χ1) is 29.3. The molecule has 0 nitrogen and oxygen atoms in total. The normalized spacial score (nSPS) is 14.9. The van der Waals surface area contributed by atoms with Crippen molar-refractivity contribution in [2.24, 2.45) is 0 Å². The van der Waals surface area contributed by atoms with Gasteiger partial charge in [-0.05, 0) is 160 Å². The maximum atomic E-state index is 2.58. The minimum absolute atomic E-state index is 0.0663. The highest BCUT2D eigenvalue weighted by atomic mass is 14.4. The van der Waals surface area contributed by atoms with Gasteiger partial charge in [0.05, 0.1) is 0 Å². The van der Waals surface area contributed by atoms with Gasteiger partial charge in [0.2, 0.25) is 0 Å². The molecule has 0 unspecified atom stereocenters. The molecule has 14 rings (SSSR count). The number of benzene rings is 10. The molecule has 0 radical (unpaired) electrons. The lowest BCUT2D eigenvalue weighted by Crippen LogP contribution is -2.14. The van der Waals surface area contributed by atoms with E-state index < -0.39 is 0 Å². The Morgan fingerprint density at radius 1 is 0.267 bits per heavy atom. The molecule has 0 spiro atoms. The van der Waals surface area contributed by atoms with Crippen molar-refractivity contribution in [1.82, 2.24) is 0 Å². The third-order valence-electron chi connectivity index (χ3n) is 15.1. The molecule has 280 valence electrons. The summed E-state index contributed by atoms with van der Waals surface area (Å²) in [6.45, 7) is 9.54. The molecule has 0 aromatic heterocycles. The molecule has 0 amide bonds. The van der Waals surface area contributed by atoms with Crippen molar-refractivity contribution in [2.45, 2.75) is 38.5 Å². The minimum Gasteiger partial charge on any atom is -0.0619 e. The van der Waals surface area contributed by atoms with Crippen molar-refractivity contribution in [3.05, 3.63) is 192 Å². The van der Waals surface area contributed by atoms with Crippen LogP contribution in [0.15, 0.2) is 170 Å². The smallest absolute Gasteiger partial charge is 0.0158 e. The van der Waals surface area contributed by atoms with E-state index in [4.69, 9.17) is 0 Å². The number of hydrogen-bond acceptors (Lipinski definition) is 0. The Labute approximate surface area is 349 Å². The van der Waals surface area contributed by atoms with Gasteiger partial charge in [-0.25, -0.2) is 0 Å². The molecule has 0 N–H and O–H groups in total. The van der Waals surface area contributed by atoms with Crippen LogP contribution < -0.4 is 0 Å². The summed E-state index contributed by atoms with van der Waals surface area (Å²) in [6.07, 6.45) is 0. The molecular formula is C60H40. The fourth-order valence-electron chi connectivity index (χ4n) is 12.5. The van der Waals surface area contributed by atoms with Crippen molar-refractivity contribution >= 4 is 75.4 Å². The second kappa shape index (κ2) is 11.0. The summed E-state index contributed by atoms with van der Waals surface area (Å²) in [4.78, 5) is 0. The number of hydrogen-bond donors (Lipinski definition) is 0. The fourth-order valence-corrected chi connectivity index (χ4v) is 12.5. The van der Waals surface area contributed by atoms with E-state index in [-0.39, 0.29) is 10.8 Å². The van der Waals surface area contributed by atoms with Crippen LogP contribution in [0.4, 0.5) is 0 Å². The molecule has 2 aliphatic carbocycles. The predicted octanol–water partition coefficient (Wildman–Crippen LogP) is 16.6. The fraction of sp³-hybridized carbons (Fsp3) is 0.100. The molecular weight excluding hydrogens is 721 g/mol. The molecule has 2 aliphatic rings. The van der Waals surface area contributed by atoms with Crippen LogP contribution in [0.25, 0.3) is 120 Å². The van der Waals surface area contributed by atoms with Gasteiger partial charge in [-0.3, -0.25) is 0 Å². The molecule has 0 aliphatic heterocycles. The van der Waals surface area contributed by atoms with E-state index in [0.717, 1.165) is 0 Å². The van der Waals surface area contributed by atoms with Crippen LogP contribution in [-0.2, 0) is 10.8 Å². The molecule has 60 heavy (non-hydrogen) atoms. The van der Waals surface area contributed by atoms with Crippen LogP contribution in [0.5, 0.6) is 0 Å². The minimum atomic E-state index is -0.0675. The quantitative estimate of drug-likeness (QED) is 0.154. The van der Waals surface area contributed by atoms with Gasteiger partial charge in [-0.15, -0.1) is 0 Å². The van der Waals surface area contributed by atoms with E-state index in [2.05, 4.69) is 198 Å². The molecule has 0 saturated heterocycles. The van der Waals surface area contributed by atoms with Crippen LogP contribution >= 0.6 is 0 Å². The van der Waals surface area contributed by atoms with E-state index in [1.807, 2.05) is 0 Å². The predicted molar refractivity (Wildman–Crippen MR) is 257 cm³/mol. The lowest BCUT2D eigenvalue weighted by Gasteiger charge is -2.23. The molecule has 0 fully saturated rings. The molecule has 0 saturated carbocycles. The second-order valence-electron chi connectivity index (χ2n) is 18.7. The van der Waals surface area contributed by atoms with Gasteiger partial charge in [0.1, 0.15) is 0 Å². The van der Waals surface area contributed by atoms with Gasteiger partial charge in [0.25, 0.3) is 0 Å². The van der Waals surface area contributed by atoms with Crippen molar-refractivity contribution < 1.29 is 0 Å². The Hall–Kier alpha value is -7.02. The highest BCUT2D eigenvalue weighted by Gasteiger charge is 2.37. The first kappa shape index (κ1) is 32.9. The van der Waals surface area contributed by atoms with E-state index in [1.165, 1.54) is 142 Å². The zero-order chi connectivity index (χ0) is 39.8. The molecule has 0 heteroatoms. The zero-order valence-corrected chi connectivity index (χ0v) is 34.2. The molecule has 12 aromatic rings. The summed E-state index contributed by atoms with van der Waals surface area (Å²) in [5, 5.41) is 18.7. The highest BCUT2D eigenvalue weighted by Crippen LogP contribution is 2.57. The lowest BCUT2D eigenvalue weighted by molar-refractivity contribution is 0.660. The topological polar surface area (TPSA) is 0 Å². The van der Waals surface area contributed by atoms with E-state index in [1.54, 1.807) is 0 Å². The Kier molecular flexibility index (Phi) is 6.01. The Bertz CT molecular complexity index is 3870. The first-order valence-electron chi connectivity index (χ1n) is 21.5. The summed E-state index contributed by atoms with van der Waals surface area (Å²) < 4.78 is 0. The molecule has 0 atom stereocenters. The van der Waals surface area contributed by atoms with Gasteiger partial charge in [0.15, 0.2) is 0 Å². The second-order valence-corrected chi connectivity index (χ2v) is 18.7. The maximum Gasteiger partial charge on any atom is 0.0158 e. The van der Waals surface area contributed by atoms with Gasteiger partial charge >= 0.3 is 0 Å². The van der Waals surface area contributed by atoms with Gasteiger partial charge in [0, 0.05) is 10.8 Å². The van der Waals surface area contributed by atoms with Crippen molar-refractivity contribution in [2.75, 3.05) is 0 Å². The van der Waals surface area contributed by atoms with Gasteiger partial charge in [-0.1, -0.05) is 179 Å². The van der Waals surface area contributed by atoms with Crippen molar-refractivity contribution in [3.63, 3.8) is 0 Å². The van der Waals surface area contributed by atoms with Crippen LogP contribution in [0.2, 0.25) is 0 Å². The van der Waals surface area contributed by atoms with E-state index >= 15 is 0 Å². The maximum absolute atomic E-state index is 2.58. The molecule has 12 aromatic carbocycles. The van der Waals surface area contributed by atoms with Gasteiger partial charge < -0.3 is 0 Å². The van der Waals surface area contributed by atoms with Crippen LogP contribution in [0.1, 0.15) is 49.9 Å². The molecule has 0 bridgehead atoms. The summed E-state index contributed by atoms with van der Waals surface area (Å²) in [6, 6.07) is 65.5. The third kappa shape index (κ3) is 3.85. The SMILES string of the molecule is CC1(C)c2ccccc2-c2cc(-c3c4cc5c6ccccc6c6cccc(c4c(-c4ccc7c(c4)-c4ccccc4C7(C)C)c4c7cccc8cccc(c34)c87)c65)ccc21. The van der Waals surface area contributed by atoms with Crippen LogP contribution in [-0.4, -0.2) is 0 Å². The van der Waals surface area contributed by atoms with Crippen LogP contribution in [0.3, 0.4) is 0 Å². The monoisotopic (exact) mass is 760 g/mol. The van der Waals surface area contributed by atoms with Crippen molar-refractivity contribution in [1.29, 1.82) is 0 Å². The summed E-state index contributed by atoms with van der Waals surface area (Å²) in [7, 11) is 0. The number of fused-ring (bicyclic) bond motifs is 14. The van der Waals surface area contributed by atoms with E-state index in [9.17, 15) is 0 Å². The van der Waals surface area contributed by atoms with Gasteiger partial charge in [-0.2, -0.15) is 0 Å². The number of rotatable bonds is 2. The zero-order valence-electron chi connectivity index (χ0n) is 34.2. The Balaban J connectivity index is 1.24. The first-order valence-corrected chi connectivity index (χ1v) is 21.5. The third-order valence-corrected chi connectivity index (χ3v) is 15.1. The van der Waals surface area contributed by atoms with E-state index in [0.29, 0.717) is 0 Å². The summed E-state index contributed by atoms with van der Waals surface area (Å²) in [5.74, 6) is 0. The summed E-state index contributed by atoms with van der Waals surface area (Å²) >= 11 is 0. The summed E-state index contributed by atoms with van der Waals surface area (Å²) in [5.41, 5.74) is 16.1. The average Bonchev–Trinajstić information content (AvgIpc) is 3.93.